The average Bonchev–Trinajstić information content (AvgIpc) is 3.12. The second kappa shape index (κ2) is 12.5. The molecule has 2 N–H and O–H groups in total. The van der Waals surface area contributed by atoms with Crippen molar-refractivity contribution in [3.05, 3.63) is 0 Å². The first kappa shape index (κ1) is 21.5. The standard InChI is InChI=1S/C20H40N4O2/c1-17-13-18(2)15-24(14-17)10-5-4-8-22-20(21-3)23-9-6-11-26-19-7-12-25-16-19/h17-19H,4-16H2,1-3H3,(H2,21,22,23). The summed E-state index contributed by atoms with van der Waals surface area (Å²) < 4.78 is 11.1. The summed E-state index contributed by atoms with van der Waals surface area (Å²) in [6.07, 6.45) is 6.15. The number of nitrogens with zero attached hydrogens (tertiary/aromatic N) is 2. The van der Waals surface area contributed by atoms with E-state index in [9.17, 15) is 0 Å². The summed E-state index contributed by atoms with van der Waals surface area (Å²) in [5.74, 6) is 2.60. The van der Waals surface area contributed by atoms with Gasteiger partial charge in [-0.25, -0.2) is 0 Å². The third-order valence-electron chi connectivity index (χ3n) is 5.22. The summed E-state index contributed by atoms with van der Waals surface area (Å²) in [5.41, 5.74) is 0. The molecular formula is C20H40N4O2. The van der Waals surface area contributed by atoms with Crippen LogP contribution in [-0.4, -0.2) is 76.6 Å². The lowest BCUT2D eigenvalue weighted by Gasteiger charge is -2.34. The van der Waals surface area contributed by atoms with E-state index < -0.39 is 0 Å². The van der Waals surface area contributed by atoms with Gasteiger partial charge < -0.3 is 25.0 Å². The van der Waals surface area contributed by atoms with Gasteiger partial charge in [-0.15, -0.1) is 0 Å². The highest BCUT2D eigenvalue weighted by atomic mass is 16.5. The minimum Gasteiger partial charge on any atom is -0.379 e. The Labute approximate surface area is 160 Å². The van der Waals surface area contributed by atoms with Crippen LogP contribution in [0.25, 0.3) is 0 Å². The van der Waals surface area contributed by atoms with Crippen molar-refractivity contribution in [2.24, 2.45) is 16.8 Å². The van der Waals surface area contributed by atoms with E-state index in [0.717, 1.165) is 63.5 Å². The lowest BCUT2D eigenvalue weighted by atomic mass is 9.92. The van der Waals surface area contributed by atoms with E-state index in [1.165, 1.54) is 38.9 Å². The normalized spacial score (nSPS) is 27.7. The van der Waals surface area contributed by atoms with Crippen LogP contribution in [0, 0.1) is 11.8 Å². The Morgan fingerprint density at radius 1 is 1.12 bits per heavy atom. The average molecular weight is 369 g/mol. The summed E-state index contributed by atoms with van der Waals surface area (Å²) in [6.45, 7) is 12.8. The smallest absolute Gasteiger partial charge is 0.190 e. The molecule has 26 heavy (non-hydrogen) atoms. The van der Waals surface area contributed by atoms with Crippen molar-refractivity contribution >= 4 is 5.96 Å². The van der Waals surface area contributed by atoms with Crippen LogP contribution in [0.3, 0.4) is 0 Å². The van der Waals surface area contributed by atoms with Crippen LogP contribution in [0.1, 0.15) is 46.0 Å². The molecule has 0 spiro atoms. The zero-order chi connectivity index (χ0) is 18.6. The molecule has 2 aliphatic rings. The molecule has 0 bridgehead atoms. The van der Waals surface area contributed by atoms with Crippen molar-refractivity contribution in [2.75, 3.05) is 59.6 Å². The molecule has 6 heteroatoms. The summed E-state index contributed by atoms with van der Waals surface area (Å²) in [7, 11) is 1.83. The number of likely N-dealkylation sites (tertiary alicyclic amines) is 1. The van der Waals surface area contributed by atoms with Crippen molar-refractivity contribution < 1.29 is 9.47 Å². The van der Waals surface area contributed by atoms with Gasteiger partial charge in [0.25, 0.3) is 0 Å². The minimum absolute atomic E-state index is 0.304. The highest BCUT2D eigenvalue weighted by Crippen LogP contribution is 2.20. The van der Waals surface area contributed by atoms with Crippen molar-refractivity contribution in [1.82, 2.24) is 15.5 Å². The van der Waals surface area contributed by atoms with Gasteiger partial charge in [0, 0.05) is 46.4 Å². The Bertz CT molecular complexity index is 389. The molecule has 2 aliphatic heterocycles. The molecule has 0 aliphatic carbocycles. The monoisotopic (exact) mass is 368 g/mol. The van der Waals surface area contributed by atoms with Crippen molar-refractivity contribution in [1.29, 1.82) is 0 Å². The molecule has 2 fully saturated rings. The number of aliphatic imine (C=N–C) groups is 1. The molecule has 2 rings (SSSR count). The molecule has 152 valence electrons. The molecule has 0 saturated carbocycles. The SMILES string of the molecule is CN=C(NCCCCN1CC(C)CC(C)C1)NCCCOC1CCOC1. The van der Waals surface area contributed by atoms with E-state index in [1.807, 2.05) is 7.05 Å². The van der Waals surface area contributed by atoms with Gasteiger partial charge >= 0.3 is 0 Å². The Morgan fingerprint density at radius 2 is 1.85 bits per heavy atom. The van der Waals surface area contributed by atoms with Gasteiger partial charge in [-0.2, -0.15) is 0 Å². The Balaban J connectivity index is 1.44. The van der Waals surface area contributed by atoms with Gasteiger partial charge in [-0.3, -0.25) is 4.99 Å². The van der Waals surface area contributed by atoms with E-state index in [0.29, 0.717) is 6.10 Å². The van der Waals surface area contributed by atoms with Crippen LogP contribution in [0.15, 0.2) is 4.99 Å². The second-order valence-corrected chi connectivity index (χ2v) is 8.05. The van der Waals surface area contributed by atoms with Gasteiger partial charge in [-0.1, -0.05) is 13.8 Å². The van der Waals surface area contributed by atoms with Crippen LogP contribution in [0.4, 0.5) is 0 Å². The summed E-state index contributed by atoms with van der Waals surface area (Å²) >= 11 is 0. The summed E-state index contributed by atoms with van der Waals surface area (Å²) in [4.78, 5) is 6.93. The number of nitrogens with one attached hydrogen (secondary N) is 2. The maximum atomic E-state index is 5.77. The maximum absolute atomic E-state index is 5.77. The van der Waals surface area contributed by atoms with Crippen LogP contribution >= 0.6 is 0 Å². The fourth-order valence-corrected chi connectivity index (χ4v) is 4.04. The van der Waals surface area contributed by atoms with Crippen LogP contribution in [0.2, 0.25) is 0 Å². The van der Waals surface area contributed by atoms with Crippen molar-refractivity contribution in [2.45, 2.75) is 52.1 Å². The fraction of sp³-hybridized carbons (Fsp3) is 0.950. The molecule has 0 aromatic rings. The number of hydrogen-bond acceptors (Lipinski definition) is 4. The molecule has 0 aromatic heterocycles. The highest BCUT2D eigenvalue weighted by molar-refractivity contribution is 5.79. The molecular weight excluding hydrogens is 328 g/mol. The van der Waals surface area contributed by atoms with E-state index >= 15 is 0 Å². The van der Waals surface area contributed by atoms with Gasteiger partial charge in [0.15, 0.2) is 5.96 Å². The molecule has 0 amide bonds. The predicted octanol–water partition coefficient (Wildman–Crippen LogP) is 2.11. The zero-order valence-corrected chi connectivity index (χ0v) is 17.1. The third-order valence-corrected chi connectivity index (χ3v) is 5.22. The number of ether oxygens (including phenoxy) is 2. The molecule has 0 radical (unpaired) electrons. The third kappa shape index (κ3) is 8.69. The van der Waals surface area contributed by atoms with Crippen LogP contribution in [-0.2, 0) is 9.47 Å². The second-order valence-electron chi connectivity index (χ2n) is 8.05. The van der Waals surface area contributed by atoms with E-state index in [2.05, 4.69) is 34.4 Å². The topological polar surface area (TPSA) is 58.1 Å². The number of hydrogen-bond donors (Lipinski definition) is 2. The first-order chi connectivity index (χ1) is 12.7. The lowest BCUT2D eigenvalue weighted by Crippen LogP contribution is -2.40. The van der Waals surface area contributed by atoms with E-state index in [1.54, 1.807) is 0 Å². The number of rotatable bonds is 10. The van der Waals surface area contributed by atoms with Gasteiger partial charge in [0.2, 0.25) is 0 Å². The Hall–Kier alpha value is -0.850. The van der Waals surface area contributed by atoms with Crippen molar-refractivity contribution in [3.63, 3.8) is 0 Å². The number of piperidine rings is 1. The largest absolute Gasteiger partial charge is 0.379 e. The quantitative estimate of drug-likeness (QED) is 0.351. The first-order valence-electron chi connectivity index (χ1n) is 10.5. The maximum Gasteiger partial charge on any atom is 0.190 e. The minimum atomic E-state index is 0.304. The van der Waals surface area contributed by atoms with E-state index in [4.69, 9.17) is 9.47 Å². The highest BCUT2D eigenvalue weighted by Gasteiger charge is 2.20. The number of guanidine groups is 1. The van der Waals surface area contributed by atoms with Gasteiger partial charge in [0.05, 0.1) is 12.7 Å². The lowest BCUT2D eigenvalue weighted by molar-refractivity contribution is 0.0420. The predicted molar refractivity (Wildman–Crippen MR) is 108 cm³/mol. The number of unbranched alkanes of at least 4 members (excludes halogenated alkanes) is 1. The molecule has 3 atom stereocenters. The molecule has 6 nitrogen and oxygen atoms in total. The van der Waals surface area contributed by atoms with Crippen LogP contribution < -0.4 is 10.6 Å². The molecule has 2 heterocycles. The Kier molecular flexibility index (Phi) is 10.3. The first-order valence-corrected chi connectivity index (χ1v) is 10.5. The zero-order valence-electron chi connectivity index (χ0n) is 17.1. The van der Waals surface area contributed by atoms with Crippen molar-refractivity contribution in [3.8, 4) is 0 Å². The fourth-order valence-electron chi connectivity index (χ4n) is 4.04. The van der Waals surface area contributed by atoms with Gasteiger partial charge in [0.1, 0.15) is 0 Å². The summed E-state index contributed by atoms with van der Waals surface area (Å²) in [6, 6.07) is 0. The van der Waals surface area contributed by atoms with Crippen LogP contribution in [0.5, 0.6) is 0 Å². The van der Waals surface area contributed by atoms with E-state index in [-0.39, 0.29) is 0 Å². The Morgan fingerprint density at radius 3 is 2.50 bits per heavy atom. The van der Waals surface area contributed by atoms with Gasteiger partial charge in [-0.05, 0) is 50.5 Å². The molecule has 2 saturated heterocycles. The summed E-state index contributed by atoms with van der Waals surface area (Å²) in [5, 5.41) is 6.78. The molecule has 3 unspecified atom stereocenters. The molecule has 0 aromatic carbocycles.